The first kappa shape index (κ1) is 23.0. The number of amides is 1. The fourth-order valence-corrected chi connectivity index (χ4v) is 2.49. The number of carbonyl (C=O) groups is 1. The van der Waals surface area contributed by atoms with Gasteiger partial charge in [-0.3, -0.25) is 9.79 Å². The van der Waals surface area contributed by atoms with E-state index in [-0.39, 0.29) is 29.9 Å². The average Bonchev–Trinajstić information content (AvgIpc) is 3.19. The molecule has 0 bridgehead atoms. The highest BCUT2D eigenvalue weighted by molar-refractivity contribution is 14.0. The first-order valence-corrected chi connectivity index (χ1v) is 9.09. The highest BCUT2D eigenvalue weighted by Gasteiger charge is 2.08. The maximum absolute atomic E-state index is 11.8. The van der Waals surface area contributed by atoms with Crippen LogP contribution in [0.3, 0.4) is 0 Å². The smallest absolute Gasteiger partial charge is 0.287 e. The molecule has 0 aliphatic heterocycles. The van der Waals surface area contributed by atoms with Crippen LogP contribution in [-0.4, -0.2) is 37.5 Å². The number of furan rings is 1. The van der Waals surface area contributed by atoms with E-state index >= 15 is 0 Å². The van der Waals surface area contributed by atoms with Gasteiger partial charge in [-0.25, -0.2) is 0 Å². The number of carbonyl (C=O) groups excluding carboxylic acids is 1. The summed E-state index contributed by atoms with van der Waals surface area (Å²) >= 11 is 0. The first-order chi connectivity index (χ1) is 12.7. The van der Waals surface area contributed by atoms with E-state index in [1.165, 1.54) is 11.8 Å². The maximum Gasteiger partial charge on any atom is 0.287 e. The Hall–Kier alpha value is -2.03. The third-order valence-electron chi connectivity index (χ3n) is 3.85. The third-order valence-corrected chi connectivity index (χ3v) is 3.85. The van der Waals surface area contributed by atoms with Gasteiger partial charge in [-0.1, -0.05) is 30.3 Å². The molecule has 0 saturated heterocycles. The van der Waals surface area contributed by atoms with Crippen molar-refractivity contribution in [1.29, 1.82) is 0 Å². The summed E-state index contributed by atoms with van der Waals surface area (Å²) < 4.78 is 5.06. The lowest BCUT2D eigenvalue weighted by Crippen LogP contribution is -2.42. The summed E-state index contributed by atoms with van der Waals surface area (Å²) in [5.74, 6) is 0.855. The second-order valence-corrected chi connectivity index (χ2v) is 6.06. The van der Waals surface area contributed by atoms with Crippen molar-refractivity contribution in [3.05, 3.63) is 60.1 Å². The molecule has 0 aliphatic rings. The van der Waals surface area contributed by atoms with Crippen molar-refractivity contribution >= 4 is 35.8 Å². The Kier molecular flexibility index (Phi) is 11.2. The van der Waals surface area contributed by atoms with Crippen LogP contribution in [-0.2, 0) is 6.42 Å². The molecule has 27 heavy (non-hydrogen) atoms. The number of aryl methyl sites for hydroxylation is 1. The van der Waals surface area contributed by atoms with Crippen molar-refractivity contribution in [2.75, 3.05) is 19.6 Å². The van der Waals surface area contributed by atoms with Crippen LogP contribution >= 0.6 is 24.0 Å². The van der Waals surface area contributed by atoms with Gasteiger partial charge in [0.05, 0.1) is 12.8 Å². The lowest BCUT2D eigenvalue weighted by atomic mass is 10.1. The van der Waals surface area contributed by atoms with E-state index in [1.54, 1.807) is 12.1 Å². The molecule has 1 unspecified atom stereocenters. The molecular weight excluding hydrogens is 455 g/mol. The van der Waals surface area contributed by atoms with Gasteiger partial charge in [0.1, 0.15) is 0 Å². The molecule has 0 radical (unpaired) electrons. The van der Waals surface area contributed by atoms with Gasteiger partial charge >= 0.3 is 0 Å². The highest BCUT2D eigenvalue weighted by atomic mass is 127. The largest absolute Gasteiger partial charge is 0.459 e. The molecule has 2 rings (SSSR count). The average molecular weight is 484 g/mol. The monoisotopic (exact) mass is 484 g/mol. The summed E-state index contributed by atoms with van der Waals surface area (Å²) in [6.45, 7) is 5.91. The van der Waals surface area contributed by atoms with Gasteiger partial charge in [-0.15, -0.1) is 24.0 Å². The normalized spacial score (nSPS) is 12.0. The van der Waals surface area contributed by atoms with E-state index < -0.39 is 0 Å². The molecule has 0 saturated carbocycles. The molecule has 148 valence electrons. The van der Waals surface area contributed by atoms with Crippen LogP contribution in [0.2, 0.25) is 0 Å². The van der Waals surface area contributed by atoms with E-state index in [4.69, 9.17) is 4.42 Å². The summed E-state index contributed by atoms with van der Waals surface area (Å²) in [6.07, 6.45) is 3.52. The third kappa shape index (κ3) is 8.94. The fraction of sp³-hybridized carbons (Fsp3) is 0.400. The zero-order chi connectivity index (χ0) is 18.6. The van der Waals surface area contributed by atoms with Crippen LogP contribution < -0.4 is 16.0 Å². The Bertz CT molecular complexity index is 675. The Labute approximate surface area is 178 Å². The number of guanidine groups is 1. The molecule has 1 amide bonds. The standard InChI is InChI=1S/C20H28N4O2.HI/c1-3-21-20(23-14-13-22-19(25)18-10-7-15-26-18)24-16(2)11-12-17-8-5-4-6-9-17;/h4-10,15-16H,3,11-14H2,1-2H3,(H,22,25)(H2,21,23,24);1H. The molecule has 7 heteroatoms. The first-order valence-electron chi connectivity index (χ1n) is 9.09. The van der Waals surface area contributed by atoms with E-state index in [0.29, 0.717) is 24.9 Å². The lowest BCUT2D eigenvalue weighted by molar-refractivity contribution is 0.0927. The van der Waals surface area contributed by atoms with Gasteiger partial charge in [-0.2, -0.15) is 0 Å². The van der Waals surface area contributed by atoms with Crippen molar-refractivity contribution in [2.24, 2.45) is 4.99 Å². The van der Waals surface area contributed by atoms with Gasteiger partial charge in [0.15, 0.2) is 11.7 Å². The minimum absolute atomic E-state index is 0. The Morgan fingerprint density at radius 2 is 1.93 bits per heavy atom. The maximum atomic E-state index is 11.8. The van der Waals surface area contributed by atoms with Gasteiger partial charge in [0.2, 0.25) is 0 Å². The molecule has 3 N–H and O–H groups in total. The molecule has 1 atom stereocenters. The Balaban J connectivity index is 0.00000364. The summed E-state index contributed by atoms with van der Waals surface area (Å²) in [5, 5.41) is 9.43. The molecule has 0 fully saturated rings. The minimum Gasteiger partial charge on any atom is -0.459 e. The fourth-order valence-electron chi connectivity index (χ4n) is 2.49. The lowest BCUT2D eigenvalue weighted by Gasteiger charge is -2.18. The minimum atomic E-state index is -0.223. The molecule has 1 aromatic carbocycles. The number of aliphatic imine (C=N–C) groups is 1. The van der Waals surface area contributed by atoms with E-state index in [9.17, 15) is 4.79 Å². The van der Waals surface area contributed by atoms with Gasteiger partial charge in [0.25, 0.3) is 5.91 Å². The van der Waals surface area contributed by atoms with Crippen LogP contribution in [0.15, 0.2) is 58.1 Å². The molecule has 0 aliphatic carbocycles. The predicted molar refractivity (Wildman–Crippen MR) is 120 cm³/mol. The molecule has 1 aromatic heterocycles. The molecular formula is C20H29IN4O2. The van der Waals surface area contributed by atoms with Gasteiger partial charge in [0, 0.05) is 19.1 Å². The number of rotatable bonds is 9. The van der Waals surface area contributed by atoms with Crippen molar-refractivity contribution in [3.8, 4) is 0 Å². The van der Waals surface area contributed by atoms with Crippen LogP contribution in [0.4, 0.5) is 0 Å². The zero-order valence-corrected chi connectivity index (χ0v) is 18.2. The number of hydrogen-bond acceptors (Lipinski definition) is 3. The highest BCUT2D eigenvalue weighted by Crippen LogP contribution is 2.04. The Morgan fingerprint density at radius 1 is 1.15 bits per heavy atom. The molecule has 2 aromatic rings. The van der Waals surface area contributed by atoms with Crippen molar-refractivity contribution in [1.82, 2.24) is 16.0 Å². The van der Waals surface area contributed by atoms with Crippen LogP contribution in [0.25, 0.3) is 0 Å². The quantitative estimate of drug-likeness (QED) is 0.221. The molecule has 6 nitrogen and oxygen atoms in total. The zero-order valence-electron chi connectivity index (χ0n) is 15.9. The van der Waals surface area contributed by atoms with E-state index in [0.717, 1.165) is 25.3 Å². The van der Waals surface area contributed by atoms with E-state index in [1.807, 2.05) is 13.0 Å². The molecule has 1 heterocycles. The van der Waals surface area contributed by atoms with Crippen LogP contribution in [0.5, 0.6) is 0 Å². The second kappa shape index (κ2) is 13.2. The van der Waals surface area contributed by atoms with Crippen molar-refractivity contribution in [2.45, 2.75) is 32.7 Å². The SMILES string of the molecule is CCNC(=NCCNC(=O)c1ccco1)NC(C)CCc1ccccc1.I. The van der Waals surface area contributed by atoms with Crippen LogP contribution in [0.1, 0.15) is 36.4 Å². The number of nitrogens with zero attached hydrogens (tertiary/aromatic N) is 1. The van der Waals surface area contributed by atoms with Gasteiger partial charge in [-0.05, 0) is 44.4 Å². The van der Waals surface area contributed by atoms with E-state index in [2.05, 4.69) is 52.1 Å². The summed E-state index contributed by atoms with van der Waals surface area (Å²) in [4.78, 5) is 16.3. The Morgan fingerprint density at radius 3 is 2.59 bits per heavy atom. The van der Waals surface area contributed by atoms with Crippen molar-refractivity contribution in [3.63, 3.8) is 0 Å². The molecule has 0 spiro atoms. The number of halogens is 1. The van der Waals surface area contributed by atoms with Gasteiger partial charge < -0.3 is 20.4 Å². The number of benzene rings is 1. The van der Waals surface area contributed by atoms with Crippen molar-refractivity contribution < 1.29 is 9.21 Å². The summed E-state index contributed by atoms with van der Waals surface area (Å²) in [7, 11) is 0. The summed E-state index contributed by atoms with van der Waals surface area (Å²) in [5.41, 5.74) is 1.34. The number of hydrogen-bond donors (Lipinski definition) is 3. The summed E-state index contributed by atoms with van der Waals surface area (Å²) in [6, 6.07) is 14.1. The number of nitrogens with one attached hydrogen (secondary N) is 3. The topological polar surface area (TPSA) is 78.7 Å². The second-order valence-electron chi connectivity index (χ2n) is 6.06. The predicted octanol–water partition coefficient (Wildman–Crippen LogP) is 3.20. The van der Waals surface area contributed by atoms with Crippen LogP contribution in [0, 0.1) is 0 Å².